The Hall–Kier alpha value is -0.530. The van der Waals surface area contributed by atoms with Gasteiger partial charge in [0.05, 0.1) is 5.60 Å². The van der Waals surface area contributed by atoms with Crippen LogP contribution < -0.4 is 0 Å². The summed E-state index contributed by atoms with van der Waals surface area (Å²) in [5, 5.41) is 11.3. The number of hydrogen-bond donors (Lipinski definition) is 1. The molecular weight excluding hydrogens is 220 g/mol. The van der Waals surface area contributed by atoms with Crippen LogP contribution in [-0.4, -0.2) is 10.7 Å². The van der Waals surface area contributed by atoms with Crippen molar-refractivity contribution >= 4 is 11.6 Å². The van der Waals surface area contributed by atoms with E-state index >= 15 is 0 Å². The van der Waals surface area contributed by atoms with Crippen LogP contribution in [0.4, 0.5) is 0 Å². The van der Waals surface area contributed by atoms with E-state index < -0.39 is 5.60 Å². The maximum atomic E-state index is 10.6. The molecule has 2 rings (SSSR count). The zero-order valence-electron chi connectivity index (χ0n) is 9.58. The Labute approximate surface area is 102 Å². The Bertz CT molecular complexity index is 340. The van der Waals surface area contributed by atoms with Crippen molar-refractivity contribution in [1.29, 1.82) is 0 Å². The van der Waals surface area contributed by atoms with Crippen molar-refractivity contribution in [2.24, 2.45) is 0 Å². The van der Waals surface area contributed by atoms with Crippen LogP contribution in [-0.2, 0) is 6.42 Å². The second-order valence-electron chi connectivity index (χ2n) is 4.95. The standard InChI is InChI=1S/C14H19ClO/c15-13-7-5-6-12(10-13)11-14(16)8-3-1-2-4-9-14/h5-7,10,16H,1-4,8-9,11H2. The third kappa shape index (κ3) is 3.23. The van der Waals surface area contributed by atoms with Crippen LogP contribution in [0.15, 0.2) is 24.3 Å². The number of aliphatic hydroxyl groups is 1. The van der Waals surface area contributed by atoms with E-state index in [9.17, 15) is 5.11 Å². The van der Waals surface area contributed by atoms with Crippen LogP contribution in [0.25, 0.3) is 0 Å². The molecule has 0 spiro atoms. The number of hydrogen-bond acceptors (Lipinski definition) is 1. The summed E-state index contributed by atoms with van der Waals surface area (Å²) in [5.74, 6) is 0. The van der Waals surface area contributed by atoms with Crippen LogP contribution in [0.1, 0.15) is 44.1 Å². The summed E-state index contributed by atoms with van der Waals surface area (Å²) in [4.78, 5) is 0. The molecule has 0 aromatic heterocycles. The highest BCUT2D eigenvalue weighted by atomic mass is 35.5. The van der Waals surface area contributed by atoms with Gasteiger partial charge in [0.25, 0.3) is 0 Å². The van der Waals surface area contributed by atoms with E-state index in [4.69, 9.17) is 11.6 Å². The Balaban J connectivity index is 2.06. The van der Waals surface area contributed by atoms with E-state index in [1.165, 1.54) is 12.8 Å². The van der Waals surface area contributed by atoms with Gasteiger partial charge in [-0.2, -0.15) is 0 Å². The smallest absolute Gasteiger partial charge is 0.0688 e. The largest absolute Gasteiger partial charge is 0.390 e. The van der Waals surface area contributed by atoms with E-state index in [0.29, 0.717) is 0 Å². The lowest BCUT2D eigenvalue weighted by atomic mass is 9.87. The minimum Gasteiger partial charge on any atom is -0.390 e. The van der Waals surface area contributed by atoms with Crippen molar-refractivity contribution in [3.8, 4) is 0 Å². The summed E-state index contributed by atoms with van der Waals surface area (Å²) >= 11 is 5.96. The molecule has 1 saturated carbocycles. The second kappa shape index (κ2) is 5.20. The third-order valence-corrected chi connectivity index (χ3v) is 3.69. The average Bonchev–Trinajstić information content (AvgIpc) is 2.43. The van der Waals surface area contributed by atoms with Crippen LogP contribution in [0.5, 0.6) is 0 Å². The minimum absolute atomic E-state index is 0.499. The van der Waals surface area contributed by atoms with Crippen LogP contribution in [0, 0.1) is 0 Å². The van der Waals surface area contributed by atoms with Gasteiger partial charge in [0.2, 0.25) is 0 Å². The van der Waals surface area contributed by atoms with Crippen molar-refractivity contribution in [2.75, 3.05) is 0 Å². The molecule has 0 saturated heterocycles. The van der Waals surface area contributed by atoms with Gasteiger partial charge < -0.3 is 5.11 Å². The first-order chi connectivity index (χ1) is 7.68. The lowest BCUT2D eigenvalue weighted by molar-refractivity contribution is 0.0252. The highest BCUT2D eigenvalue weighted by Gasteiger charge is 2.27. The molecule has 1 N–H and O–H groups in total. The first kappa shape index (κ1) is 11.9. The molecular formula is C14H19ClO. The predicted molar refractivity (Wildman–Crippen MR) is 67.8 cm³/mol. The second-order valence-corrected chi connectivity index (χ2v) is 5.38. The SMILES string of the molecule is OC1(Cc2cccc(Cl)c2)CCCCCC1. The Kier molecular flexibility index (Phi) is 3.88. The molecule has 0 heterocycles. The molecule has 16 heavy (non-hydrogen) atoms. The molecule has 1 nitrogen and oxygen atoms in total. The maximum absolute atomic E-state index is 10.6. The van der Waals surface area contributed by atoms with E-state index in [2.05, 4.69) is 6.07 Å². The first-order valence-electron chi connectivity index (χ1n) is 6.15. The summed E-state index contributed by atoms with van der Waals surface area (Å²) in [5.41, 5.74) is 0.651. The molecule has 1 aliphatic carbocycles. The molecule has 2 heteroatoms. The fraction of sp³-hybridized carbons (Fsp3) is 0.571. The molecule has 88 valence electrons. The molecule has 1 aliphatic rings. The fourth-order valence-corrected chi connectivity index (χ4v) is 2.80. The van der Waals surface area contributed by atoms with Gasteiger partial charge in [0.1, 0.15) is 0 Å². The predicted octanol–water partition coefficient (Wildman–Crippen LogP) is 3.97. The van der Waals surface area contributed by atoms with Crippen LogP contribution in [0.3, 0.4) is 0 Å². The van der Waals surface area contributed by atoms with Gasteiger partial charge in [-0.15, -0.1) is 0 Å². The molecule has 1 aromatic rings. The van der Waals surface area contributed by atoms with Crippen molar-refractivity contribution in [3.63, 3.8) is 0 Å². The lowest BCUT2D eigenvalue weighted by Gasteiger charge is -2.26. The van der Waals surface area contributed by atoms with Gasteiger partial charge in [-0.1, -0.05) is 49.4 Å². The first-order valence-corrected chi connectivity index (χ1v) is 6.53. The zero-order chi connectivity index (χ0) is 11.4. The molecule has 0 bridgehead atoms. The van der Waals surface area contributed by atoms with Gasteiger partial charge in [-0.3, -0.25) is 0 Å². The summed E-state index contributed by atoms with van der Waals surface area (Å²) < 4.78 is 0. The Morgan fingerprint density at radius 3 is 2.44 bits per heavy atom. The average molecular weight is 239 g/mol. The molecule has 0 unspecified atom stereocenters. The summed E-state index contributed by atoms with van der Waals surface area (Å²) in [7, 11) is 0. The van der Waals surface area contributed by atoms with Gasteiger partial charge in [0.15, 0.2) is 0 Å². The van der Waals surface area contributed by atoms with Crippen LogP contribution in [0.2, 0.25) is 5.02 Å². The van der Waals surface area contributed by atoms with Crippen molar-refractivity contribution in [1.82, 2.24) is 0 Å². The van der Waals surface area contributed by atoms with Gasteiger partial charge >= 0.3 is 0 Å². The van der Waals surface area contributed by atoms with E-state index in [0.717, 1.165) is 42.7 Å². The minimum atomic E-state index is -0.499. The van der Waals surface area contributed by atoms with Crippen molar-refractivity contribution in [2.45, 2.75) is 50.5 Å². The van der Waals surface area contributed by atoms with Crippen molar-refractivity contribution < 1.29 is 5.11 Å². The van der Waals surface area contributed by atoms with Gasteiger partial charge in [-0.05, 0) is 30.5 Å². The Morgan fingerprint density at radius 1 is 1.12 bits per heavy atom. The quantitative estimate of drug-likeness (QED) is 0.773. The molecule has 0 radical (unpaired) electrons. The van der Waals surface area contributed by atoms with Gasteiger partial charge in [-0.25, -0.2) is 0 Å². The normalized spacial score (nSPS) is 20.4. The molecule has 1 aromatic carbocycles. The summed E-state index contributed by atoms with van der Waals surface area (Å²) in [6, 6.07) is 7.85. The highest BCUT2D eigenvalue weighted by molar-refractivity contribution is 6.30. The molecule has 0 aliphatic heterocycles. The number of rotatable bonds is 2. The highest BCUT2D eigenvalue weighted by Crippen LogP contribution is 2.30. The van der Waals surface area contributed by atoms with E-state index in [1.807, 2.05) is 18.2 Å². The molecule has 1 fully saturated rings. The third-order valence-electron chi connectivity index (χ3n) is 3.46. The summed E-state index contributed by atoms with van der Waals surface area (Å²) in [6.07, 6.45) is 7.43. The summed E-state index contributed by atoms with van der Waals surface area (Å²) in [6.45, 7) is 0. The zero-order valence-corrected chi connectivity index (χ0v) is 10.3. The molecule has 0 atom stereocenters. The van der Waals surface area contributed by atoms with Crippen molar-refractivity contribution in [3.05, 3.63) is 34.9 Å². The number of halogens is 1. The van der Waals surface area contributed by atoms with Gasteiger partial charge in [0, 0.05) is 11.4 Å². The maximum Gasteiger partial charge on any atom is 0.0688 e. The number of benzene rings is 1. The fourth-order valence-electron chi connectivity index (χ4n) is 2.59. The monoisotopic (exact) mass is 238 g/mol. The lowest BCUT2D eigenvalue weighted by Crippen LogP contribution is -2.30. The van der Waals surface area contributed by atoms with E-state index in [-0.39, 0.29) is 0 Å². The van der Waals surface area contributed by atoms with Crippen LogP contribution >= 0.6 is 11.6 Å². The topological polar surface area (TPSA) is 20.2 Å². The van der Waals surface area contributed by atoms with E-state index in [1.54, 1.807) is 0 Å². The molecule has 0 amide bonds. The Morgan fingerprint density at radius 2 is 1.81 bits per heavy atom.